The van der Waals surface area contributed by atoms with Crippen LogP contribution in [-0.2, 0) is 0 Å². The molecule has 1 amide bonds. The monoisotopic (exact) mass is 327 g/mol. The van der Waals surface area contributed by atoms with Crippen LogP contribution in [0, 0.1) is 5.82 Å². The van der Waals surface area contributed by atoms with Crippen LogP contribution in [0.3, 0.4) is 0 Å². The summed E-state index contributed by atoms with van der Waals surface area (Å²) in [5.41, 5.74) is 0.0430. The van der Waals surface area contributed by atoms with E-state index in [-0.39, 0.29) is 23.4 Å². The Bertz CT molecular complexity index is 903. The van der Waals surface area contributed by atoms with Gasteiger partial charge in [-0.05, 0) is 30.7 Å². The second-order valence-corrected chi connectivity index (χ2v) is 5.15. The molecule has 0 aliphatic rings. The first-order valence-electron chi connectivity index (χ1n) is 7.20. The maximum Gasteiger partial charge on any atom is 0.265 e. The average molecular weight is 327 g/mol. The number of H-pyrrole nitrogens is 1. The van der Waals surface area contributed by atoms with Gasteiger partial charge >= 0.3 is 0 Å². The van der Waals surface area contributed by atoms with Gasteiger partial charge in [-0.15, -0.1) is 0 Å². The van der Waals surface area contributed by atoms with E-state index in [1.54, 1.807) is 37.5 Å². The fourth-order valence-corrected chi connectivity index (χ4v) is 2.17. The van der Waals surface area contributed by atoms with E-state index in [4.69, 9.17) is 0 Å². The first-order chi connectivity index (χ1) is 11.5. The van der Waals surface area contributed by atoms with Gasteiger partial charge in [0.25, 0.3) is 11.5 Å². The average Bonchev–Trinajstić information content (AvgIpc) is 3.09. The summed E-state index contributed by atoms with van der Waals surface area (Å²) < 4.78 is 14.3. The Morgan fingerprint density at radius 3 is 2.71 bits per heavy atom. The topological polar surface area (TPSA) is 92.7 Å². The molecule has 0 unspecified atom stereocenters. The van der Waals surface area contributed by atoms with Crippen molar-refractivity contribution in [1.29, 1.82) is 0 Å². The summed E-state index contributed by atoms with van der Waals surface area (Å²) in [6.45, 7) is 1.74. The van der Waals surface area contributed by atoms with E-state index in [0.717, 1.165) is 5.56 Å². The summed E-state index contributed by atoms with van der Waals surface area (Å²) in [6, 6.07) is 7.07. The lowest BCUT2D eigenvalue weighted by Crippen LogP contribution is -2.32. The largest absolute Gasteiger partial charge is 0.345 e. The molecule has 2 heterocycles. The Hall–Kier alpha value is -3.29. The van der Waals surface area contributed by atoms with Crippen molar-refractivity contribution >= 4 is 5.91 Å². The third-order valence-electron chi connectivity index (χ3n) is 3.47. The van der Waals surface area contributed by atoms with E-state index >= 15 is 0 Å². The number of hydrogen-bond acceptors (Lipinski definition) is 4. The molecule has 3 aromatic rings. The van der Waals surface area contributed by atoms with Gasteiger partial charge in [0.1, 0.15) is 11.4 Å². The lowest BCUT2D eigenvalue weighted by molar-refractivity contribution is 0.0938. The fraction of sp³-hybridized carbons (Fsp3) is 0.125. The van der Waals surface area contributed by atoms with Crippen LogP contribution < -0.4 is 10.9 Å². The van der Waals surface area contributed by atoms with Crippen molar-refractivity contribution in [2.75, 3.05) is 0 Å². The fourth-order valence-electron chi connectivity index (χ4n) is 2.17. The molecule has 24 heavy (non-hydrogen) atoms. The molecule has 0 aliphatic carbocycles. The third-order valence-corrected chi connectivity index (χ3v) is 3.47. The Kier molecular flexibility index (Phi) is 4.19. The van der Waals surface area contributed by atoms with Gasteiger partial charge in [0.05, 0.1) is 6.04 Å². The predicted octanol–water partition coefficient (Wildman–Crippen LogP) is 1.59. The van der Waals surface area contributed by atoms with Gasteiger partial charge in [-0.3, -0.25) is 14.6 Å². The second-order valence-electron chi connectivity index (χ2n) is 5.15. The Morgan fingerprint density at radius 1 is 1.33 bits per heavy atom. The predicted molar refractivity (Wildman–Crippen MR) is 84.3 cm³/mol. The van der Waals surface area contributed by atoms with Crippen LogP contribution in [-0.4, -0.2) is 25.7 Å². The minimum absolute atomic E-state index is 0.111. The maximum atomic E-state index is 12.9. The van der Waals surface area contributed by atoms with Crippen molar-refractivity contribution in [1.82, 2.24) is 25.1 Å². The number of benzene rings is 1. The van der Waals surface area contributed by atoms with Gasteiger partial charge in [0, 0.05) is 18.6 Å². The highest BCUT2D eigenvalue weighted by Crippen LogP contribution is 2.13. The van der Waals surface area contributed by atoms with E-state index in [9.17, 15) is 14.0 Å². The number of carbonyl (C=O) groups excluding carboxylic acids is 1. The van der Waals surface area contributed by atoms with Crippen LogP contribution in [0.2, 0.25) is 0 Å². The number of amides is 1. The summed E-state index contributed by atoms with van der Waals surface area (Å²) in [5, 5.41) is 6.63. The number of nitrogens with one attached hydrogen (secondary N) is 2. The van der Waals surface area contributed by atoms with Crippen LogP contribution in [0.25, 0.3) is 5.95 Å². The van der Waals surface area contributed by atoms with E-state index in [2.05, 4.69) is 20.4 Å². The van der Waals surface area contributed by atoms with Gasteiger partial charge in [-0.25, -0.2) is 14.1 Å². The molecular weight excluding hydrogens is 313 g/mol. The van der Waals surface area contributed by atoms with Crippen molar-refractivity contribution in [3.05, 3.63) is 76.2 Å². The standard InChI is InChI=1S/C16H14FN5O2/c1-10(11-3-5-12(17)6-4-11)20-14(23)13-9-18-16(21-15(13)24)22-8-2-7-19-22/h2-10H,1H3,(H,20,23)(H,18,21,24)/t10-/m0/s1. The maximum absolute atomic E-state index is 12.9. The van der Waals surface area contributed by atoms with Crippen molar-refractivity contribution in [3.8, 4) is 5.95 Å². The summed E-state index contributed by atoms with van der Waals surface area (Å²) in [5.74, 6) is -0.701. The quantitative estimate of drug-likeness (QED) is 0.761. The second kappa shape index (κ2) is 6.45. The molecule has 1 atom stereocenters. The smallest absolute Gasteiger partial charge is 0.265 e. The van der Waals surface area contributed by atoms with Crippen LogP contribution in [0.1, 0.15) is 28.9 Å². The zero-order valence-electron chi connectivity index (χ0n) is 12.7. The molecule has 0 saturated carbocycles. The SMILES string of the molecule is C[C@H](NC(=O)c1cnc(-n2cccn2)[nH]c1=O)c1ccc(F)cc1. The zero-order chi connectivity index (χ0) is 17.1. The molecule has 0 spiro atoms. The Labute approximate surface area is 136 Å². The van der Waals surface area contributed by atoms with Crippen LogP contribution in [0.5, 0.6) is 0 Å². The minimum atomic E-state index is -0.570. The number of aromatic amines is 1. The summed E-state index contributed by atoms with van der Waals surface area (Å²) in [6.07, 6.45) is 4.36. The van der Waals surface area contributed by atoms with Crippen molar-refractivity contribution in [2.45, 2.75) is 13.0 Å². The van der Waals surface area contributed by atoms with Gasteiger partial charge < -0.3 is 5.32 Å². The number of carbonyl (C=O) groups is 1. The number of aromatic nitrogens is 4. The van der Waals surface area contributed by atoms with Crippen LogP contribution in [0.4, 0.5) is 4.39 Å². The van der Waals surface area contributed by atoms with Gasteiger partial charge in [-0.2, -0.15) is 5.10 Å². The molecule has 3 rings (SSSR count). The normalized spacial score (nSPS) is 11.9. The first-order valence-corrected chi connectivity index (χ1v) is 7.20. The molecule has 7 nitrogen and oxygen atoms in total. The summed E-state index contributed by atoms with van der Waals surface area (Å²) in [7, 11) is 0. The van der Waals surface area contributed by atoms with Gasteiger partial charge in [-0.1, -0.05) is 12.1 Å². The molecule has 0 radical (unpaired) electrons. The van der Waals surface area contributed by atoms with E-state index in [0.29, 0.717) is 0 Å². The molecule has 122 valence electrons. The highest BCUT2D eigenvalue weighted by atomic mass is 19.1. The summed E-state index contributed by atoms with van der Waals surface area (Å²) in [4.78, 5) is 30.9. The summed E-state index contributed by atoms with van der Waals surface area (Å²) >= 11 is 0. The lowest BCUT2D eigenvalue weighted by Gasteiger charge is -2.14. The van der Waals surface area contributed by atoms with E-state index in [1.165, 1.54) is 23.0 Å². The van der Waals surface area contributed by atoms with Crippen molar-refractivity contribution < 1.29 is 9.18 Å². The lowest BCUT2D eigenvalue weighted by atomic mass is 10.1. The highest BCUT2D eigenvalue weighted by molar-refractivity contribution is 5.93. The molecule has 0 saturated heterocycles. The van der Waals surface area contributed by atoms with Crippen LogP contribution in [0.15, 0.2) is 53.7 Å². The molecular formula is C16H14FN5O2. The molecule has 1 aromatic carbocycles. The molecule has 0 bridgehead atoms. The van der Waals surface area contributed by atoms with Gasteiger partial charge in [0.15, 0.2) is 0 Å². The van der Waals surface area contributed by atoms with Crippen LogP contribution >= 0.6 is 0 Å². The Balaban J connectivity index is 1.77. The molecule has 0 aliphatic heterocycles. The number of hydrogen-bond donors (Lipinski definition) is 2. The molecule has 2 aromatic heterocycles. The highest BCUT2D eigenvalue weighted by Gasteiger charge is 2.16. The number of nitrogens with zero attached hydrogens (tertiary/aromatic N) is 3. The molecule has 2 N–H and O–H groups in total. The Morgan fingerprint density at radius 2 is 2.08 bits per heavy atom. The number of rotatable bonds is 4. The van der Waals surface area contributed by atoms with Crippen molar-refractivity contribution in [3.63, 3.8) is 0 Å². The van der Waals surface area contributed by atoms with E-state index in [1.807, 2.05) is 0 Å². The molecule has 8 heteroatoms. The van der Waals surface area contributed by atoms with Gasteiger partial charge in [0.2, 0.25) is 5.95 Å². The third kappa shape index (κ3) is 3.22. The molecule has 0 fully saturated rings. The minimum Gasteiger partial charge on any atom is -0.345 e. The van der Waals surface area contributed by atoms with Crippen molar-refractivity contribution in [2.24, 2.45) is 0 Å². The number of halogens is 1. The van der Waals surface area contributed by atoms with E-state index < -0.39 is 11.5 Å². The zero-order valence-corrected chi connectivity index (χ0v) is 12.7. The first kappa shape index (κ1) is 15.6.